The maximum absolute atomic E-state index is 5.69. The highest BCUT2D eigenvalue weighted by Gasteiger charge is 2.13. The Morgan fingerprint density at radius 3 is 3.08 bits per heavy atom. The van der Waals surface area contributed by atoms with Gasteiger partial charge in [-0.25, -0.2) is 0 Å². The highest BCUT2D eigenvalue weighted by atomic mass is 14.8. The molecule has 1 heterocycles. The number of benzene rings is 1. The van der Waals surface area contributed by atoms with Crippen LogP contribution in [0.1, 0.15) is 24.5 Å². The predicted octanol–water partition coefficient (Wildman–Crippen LogP) is 1.98. The molecule has 0 saturated heterocycles. The molecular formula is C10H12N2. The van der Waals surface area contributed by atoms with Crippen molar-refractivity contribution >= 4 is 11.4 Å². The van der Waals surface area contributed by atoms with Crippen molar-refractivity contribution in [3.8, 4) is 0 Å². The molecule has 1 aliphatic heterocycles. The van der Waals surface area contributed by atoms with Crippen LogP contribution in [0.5, 0.6) is 0 Å². The van der Waals surface area contributed by atoms with E-state index in [1.807, 2.05) is 12.1 Å². The number of nitrogens with zero attached hydrogens (tertiary/aromatic N) is 1. The molecule has 2 heteroatoms. The van der Waals surface area contributed by atoms with E-state index in [9.17, 15) is 0 Å². The van der Waals surface area contributed by atoms with E-state index >= 15 is 0 Å². The second kappa shape index (κ2) is 2.63. The van der Waals surface area contributed by atoms with Gasteiger partial charge in [-0.1, -0.05) is 13.0 Å². The molecule has 0 saturated carbocycles. The van der Waals surface area contributed by atoms with Crippen molar-refractivity contribution in [3.63, 3.8) is 0 Å². The topological polar surface area (TPSA) is 38.4 Å². The highest BCUT2D eigenvalue weighted by molar-refractivity contribution is 6.04. The Hall–Kier alpha value is -1.31. The van der Waals surface area contributed by atoms with E-state index in [1.54, 1.807) is 0 Å². The third kappa shape index (κ3) is 0.998. The third-order valence-electron chi connectivity index (χ3n) is 2.22. The average molecular weight is 160 g/mol. The van der Waals surface area contributed by atoms with Gasteiger partial charge < -0.3 is 5.73 Å². The molecule has 0 fully saturated rings. The fourth-order valence-corrected chi connectivity index (χ4v) is 1.57. The van der Waals surface area contributed by atoms with Gasteiger partial charge in [-0.3, -0.25) is 4.99 Å². The number of hydrogen-bond donors (Lipinski definition) is 1. The fraction of sp³-hybridized carbons (Fsp3) is 0.300. The molecule has 2 nitrogen and oxygen atoms in total. The van der Waals surface area contributed by atoms with Gasteiger partial charge in [0.2, 0.25) is 0 Å². The quantitative estimate of drug-likeness (QED) is 0.627. The van der Waals surface area contributed by atoms with E-state index in [0.29, 0.717) is 0 Å². The molecule has 2 rings (SSSR count). The van der Waals surface area contributed by atoms with E-state index in [4.69, 9.17) is 5.73 Å². The van der Waals surface area contributed by atoms with Crippen LogP contribution in [0.3, 0.4) is 0 Å². The summed E-state index contributed by atoms with van der Waals surface area (Å²) in [7, 11) is 0. The van der Waals surface area contributed by atoms with Crippen molar-refractivity contribution in [2.45, 2.75) is 19.9 Å². The Morgan fingerprint density at radius 1 is 1.50 bits per heavy atom. The third-order valence-corrected chi connectivity index (χ3v) is 2.22. The number of nitrogen functional groups attached to an aromatic ring is 1. The Kier molecular flexibility index (Phi) is 1.61. The number of fused-ring (bicyclic) bond motifs is 1. The van der Waals surface area contributed by atoms with E-state index < -0.39 is 0 Å². The first-order chi connectivity index (χ1) is 5.81. The minimum atomic E-state index is 0.830. The average Bonchev–Trinajstić information content (AvgIpc) is 2.46. The van der Waals surface area contributed by atoms with Gasteiger partial charge in [0.05, 0.1) is 6.54 Å². The van der Waals surface area contributed by atoms with E-state index in [0.717, 1.165) is 18.7 Å². The normalized spacial score (nSPS) is 14.2. The van der Waals surface area contributed by atoms with Crippen LogP contribution in [0.4, 0.5) is 5.69 Å². The Balaban J connectivity index is 2.50. The summed E-state index contributed by atoms with van der Waals surface area (Å²) in [6.07, 6.45) is 0.996. The van der Waals surface area contributed by atoms with Crippen molar-refractivity contribution in [3.05, 3.63) is 29.3 Å². The van der Waals surface area contributed by atoms with Crippen molar-refractivity contribution in [2.24, 2.45) is 4.99 Å². The van der Waals surface area contributed by atoms with Crippen molar-refractivity contribution in [2.75, 3.05) is 5.73 Å². The summed E-state index contributed by atoms with van der Waals surface area (Å²) in [5, 5.41) is 0. The molecule has 0 aromatic heterocycles. The summed E-state index contributed by atoms with van der Waals surface area (Å²) < 4.78 is 0. The zero-order chi connectivity index (χ0) is 8.55. The molecule has 0 amide bonds. The molecule has 1 aliphatic rings. The highest BCUT2D eigenvalue weighted by Crippen LogP contribution is 2.22. The maximum atomic E-state index is 5.69. The van der Waals surface area contributed by atoms with Gasteiger partial charge in [-0.15, -0.1) is 0 Å². The van der Waals surface area contributed by atoms with Crippen LogP contribution < -0.4 is 5.73 Å². The van der Waals surface area contributed by atoms with Gasteiger partial charge in [0.25, 0.3) is 0 Å². The van der Waals surface area contributed by atoms with Crippen molar-refractivity contribution < 1.29 is 0 Å². The van der Waals surface area contributed by atoms with E-state index in [-0.39, 0.29) is 0 Å². The monoisotopic (exact) mass is 160 g/mol. The molecule has 0 aliphatic carbocycles. The standard InChI is InChI=1S/C10H12N2/c1-2-10-9-5-8(11)4-3-7(9)6-12-10/h3-5H,2,6,11H2,1H3. The molecule has 0 bridgehead atoms. The van der Waals surface area contributed by atoms with Crippen LogP contribution in [0.25, 0.3) is 0 Å². The van der Waals surface area contributed by atoms with Crippen LogP contribution in [0.2, 0.25) is 0 Å². The molecule has 2 N–H and O–H groups in total. The minimum Gasteiger partial charge on any atom is -0.399 e. The number of rotatable bonds is 1. The predicted molar refractivity (Wildman–Crippen MR) is 51.4 cm³/mol. The molecule has 12 heavy (non-hydrogen) atoms. The zero-order valence-electron chi connectivity index (χ0n) is 7.17. The summed E-state index contributed by atoms with van der Waals surface area (Å²) in [4.78, 5) is 4.42. The Bertz CT molecular complexity index is 340. The Labute approximate surface area is 72.1 Å². The molecular weight excluding hydrogens is 148 g/mol. The van der Waals surface area contributed by atoms with E-state index in [1.165, 1.54) is 16.8 Å². The molecule has 62 valence electrons. The first kappa shape index (κ1) is 7.35. The molecule has 0 radical (unpaired) electrons. The second-order valence-electron chi connectivity index (χ2n) is 3.03. The second-order valence-corrected chi connectivity index (χ2v) is 3.03. The van der Waals surface area contributed by atoms with Crippen LogP contribution in [-0.2, 0) is 6.54 Å². The lowest BCUT2D eigenvalue weighted by atomic mass is 10.0. The van der Waals surface area contributed by atoms with Gasteiger partial charge in [-0.05, 0) is 24.1 Å². The molecule has 0 atom stereocenters. The molecule has 0 spiro atoms. The zero-order valence-corrected chi connectivity index (χ0v) is 7.17. The van der Waals surface area contributed by atoms with Crippen LogP contribution in [0, 0.1) is 0 Å². The lowest BCUT2D eigenvalue weighted by Gasteiger charge is -2.01. The van der Waals surface area contributed by atoms with Crippen LogP contribution >= 0.6 is 0 Å². The number of nitrogens with two attached hydrogens (primary N) is 1. The fourth-order valence-electron chi connectivity index (χ4n) is 1.57. The van der Waals surface area contributed by atoms with Crippen molar-refractivity contribution in [1.82, 2.24) is 0 Å². The number of aliphatic imine (C=N–C) groups is 1. The smallest absolute Gasteiger partial charge is 0.0649 e. The SMILES string of the molecule is CCC1=NCc2ccc(N)cc21. The lowest BCUT2D eigenvalue weighted by molar-refractivity contribution is 1.10. The molecule has 1 aromatic rings. The molecule has 1 aromatic carbocycles. The summed E-state index contributed by atoms with van der Waals surface area (Å²) in [5.74, 6) is 0. The first-order valence-corrected chi connectivity index (χ1v) is 4.23. The number of hydrogen-bond acceptors (Lipinski definition) is 2. The van der Waals surface area contributed by atoms with Gasteiger partial charge in [0.15, 0.2) is 0 Å². The van der Waals surface area contributed by atoms with Crippen molar-refractivity contribution in [1.29, 1.82) is 0 Å². The summed E-state index contributed by atoms with van der Waals surface area (Å²) in [6, 6.07) is 6.02. The largest absolute Gasteiger partial charge is 0.399 e. The van der Waals surface area contributed by atoms with Crippen LogP contribution in [-0.4, -0.2) is 5.71 Å². The first-order valence-electron chi connectivity index (χ1n) is 4.23. The van der Waals surface area contributed by atoms with Crippen LogP contribution in [0.15, 0.2) is 23.2 Å². The molecule has 0 unspecified atom stereocenters. The summed E-state index contributed by atoms with van der Waals surface area (Å²) in [6.45, 7) is 2.95. The van der Waals surface area contributed by atoms with E-state index in [2.05, 4.69) is 18.0 Å². The van der Waals surface area contributed by atoms with Gasteiger partial charge in [-0.2, -0.15) is 0 Å². The van der Waals surface area contributed by atoms with Gasteiger partial charge in [0.1, 0.15) is 0 Å². The van der Waals surface area contributed by atoms with Gasteiger partial charge in [0, 0.05) is 17.0 Å². The lowest BCUT2D eigenvalue weighted by Crippen LogP contribution is -1.97. The summed E-state index contributed by atoms with van der Waals surface area (Å²) in [5.41, 5.74) is 10.3. The number of anilines is 1. The minimum absolute atomic E-state index is 0.830. The van der Waals surface area contributed by atoms with Gasteiger partial charge >= 0.3 is 0 Å². The Morgan fingerprint density at radius 2 is 2.33 bits per heavy atom. The maximum Gasteiger partial charge on any atom is 0.0649 e. The summed E-state index contributed by atoms with van der Waals surface area (Å²) >= 11 is 0.